The summed E-state index contributed by atoms with van der Waals surface area (Å²) in [4.78, 5) is 34.7. The summed E-state index contributed by atoms with van der Waals surface area (Å²) >= 11 is 5.74. The molecule has 0 aliphatic heterocycles. The van der Waals surface area contributed by atoms with E-state index >= 15 is 0 Å². The molecule has 8 heteroatoms. The number of benzene rings is 2. The molecule has 0 aliphatic rings. The number of hydrogen-bond donors (Lipinski definition) is 2. The van der Waals surface area contributed by atoms with Gasteiger partial charge in [0.1, 0.15) is 5.75 Å². The molecule has 0 saturated carbocycles. The molecule has 0 heterocycles. The van der Waals surface area contributed by atoms with Gasteiger partial charge >= 0.3 is 5.97 Å². The third kappa shape index (κ3) is 8.06. The maximum atomic E-state index is 11.6. The van der Waals surface area contributed by atoms with Crippen LogP contribution in [0.5, 0.6) is 5.75 Å². The van der Waals surface area contributed by atoms with Crippen LogP contribution >= 0.6 is 11.6 Å². The van der Waals surface area contributed by atoms with Crippen LogP contribution < -0.4 is 15.6 Å². The fraction of sp³-hybridized carbons (Fsp3) is 0.105. The predicted octanol–water partition coefficient (Wildman–Crippen LogP) is 2.12. The number of hydrogen-bond acceptors (Lipinski definition) is 5. The van der Waals surface area contributed by atoms with E-state index in [9.17, 15) is 14.4 Å². The summed E-state index contributed by atoms with van der Waals surface area (Å²) in [5.74, 6) is -1.48. The molecule has 2 aromatic rings. The number of hydrazine groups is 1. The summed E-state index contributed by atoms with van der Waals surface area (Å²) in [5.41, 5.74) is 5.09. The maximum Gasteiger partial charge on any atom is 0.331 e. The van der Waals surface area contributed by atoms with Crippen molar-refractivity contribution in [3.8, 4) is 5.75 Å². The van der Waals surface area contributed by atoms with E-state index in [1.807, 2.05) is 30.3 Å². The second kappa shape index (κ2) is 10.6. The van der Waals surface area contributed by atoms with Crippen LogP contribution in [0.4, 0.5) is 0 Å². The topological polar surface area (TPSA) is 93.7 Å². The number of nitrogens with one attached hydrogen (secondary N) is 2. The Balaban J connectivity index is 1.62. The molecule has 27 heavy (non-hydrogen) atoms. The molecule has 0 unspecified atom stereocenters. The van der Waals surface area contributed by atoms with Gasteiger partial charge < -0.3 is 9.47 Å². The first kappa shape index (κ1) is 20.0. The monoisotopic (exact) mass is 388 g/mol. The highest BCUT2D eigenvalue weighted by molar-refractivity contribution is 6.30. The molecule has 0 saturated heterocycles. The molecule has 0 aliphatic carbocycles. The van der Waals surface area contributed by atoms with Crippen molar-refractivity contribution < 1.29 is 23.9 Å². The molecule has 0 spiro atoms. The SMILES string of the molecule is O=C(COC(=O)/C=C/c1ccccc1)NNC(=O)COc1ccc(Cl)cc1. The molecule has 7 nitrogen and oxygen atoms in total. The van der Waals surface area contributed by atoms with E-state index in [1.54, 1.807) is 30.3 Å². The Morgan fingerprint density at radius 2 is 1.52 bits per heavy atom. The van der Waals surface area contributed by atoms with Gasteiger partial charge in [-0.2, -0.15) is 0 Å². The van der Waals surface area contributed by atoms with Crippen molar-refractivity contribution in [2.45, 2.75) is 0 Å². The van der Waals surface area contributed by atoms with Crippen molar-refractivity contribution in [2.75, 3.05) is 13.2 Å². The Morgan fingerprint density at radius 1 is 0.889 bits per heavy atom. The van der Waals surface area contributed by atoms with Crippen LogP contribution in [0.15, 0.2) is 60.7 Å². The molecule has 0 fully saturated rings. The second-order valence-corrected chi connectivity index (χ2v) is 5.63. The summed E-state index contributed by atoms with van der Waals surface area (Å²) in [5, 5.41) is 0.548. The van der Waals surface area contributed by atoms with Gasteiger partial charge in [0.25, 0.3) is 11.8 Å². The van der Waals surface area contributed by atoms with Gasteiger partial charge in [0.2, 0.25) is 0 Å². The van der Waals surface area contributed by atoms with Crippen LogP contribution in [0, 0.1) is 0 Å². The minimum absolute atomic E-state index is 0.304. The molecular weight excluding hydrogens is 372 g/mol. The molecule has 0 radical (unpaired) electrons. The highest BCUT2D eigenvalue weighted by atomic mass is 35.5. The lowest BCUT2D eigenvalue weighted by Gasteiger charge is -2.08. The van der Waals surface area contributed by atoms with E-state index in [0.717, 1.165) is 5.56 Å². The average molecular weight is 389 g/mol. The van der Waals surface area contributed by atoms with Crippen molar-refractivity contribution in [2.24, 2.45) is 0 Å². The molecule has 0 bridgehead atoms. The van der Waals surface area contributed by atoms with Crippen molar-refractivity contribution in [3.63, 3.8) is 0 Å². The number of carbonyl (C=O) groups is 3. The van der Waals surface area contributed by atoms with Gasteiger partial charge in [0.15, 0.2) is 13.2 Å². The number of rotatable bonds is 7. The lowest BCUT2D eigenvalue weighted by Crippen LogP contribution is -2.45. The first-order chi connectivity index (χ1) is 13.0. The van der Waals surface area contributed by atoms with Gasteiger partial charge in [-0.25, -0.2) is 4.79 Å². The van der Waals surface area contributed by atoms with Crippen molar-refractivity contribution in [1.82, 2.24) is 10.9 Å². The fourth-order valence-corrected chi connectivity index (χ4v) is 1.93. The predicted molar refractivity (Wildman–Crippen MR) is 99.7 cm³/mol. The summed E-state index contributed by atoms with van der Waals surface area (Å²) in [6.45, 7) is -0.836. The van der Waals surface area contributed by atoms with E-state index < -0.39 is 24.4 Å². The third-order valence-electron chi connectivity index (χ3n) is 3.08. The largest absolute Gasteiger partial charge is 0.484 e. The minimum atomic E-state index is -0.684. The van der Waals surface area contributed by atoms with Gasteiger partial charge in [-0.15, -0.1) is 0 Å². The first-order valence-electron chi connectivity index (χ1n) is 7.89. The van der Waals surface area contributed by atoms with E-state index in [1.165, 1.54) is 6.08 Å². The Kier molecular flexibility index (Phi) is 7.87. The Bertz CT molecular complexity index is 807. The van der Waals surface area contributed by atoms with Crippen LogP contribution in [0.2, 0.25) is 5.02 Å². The van der Waals surface area contributed by atoms with Crippen molar-refractivity contribution >= 4 is 35.5 Å². The Hall–Kier alpha value is -3.32. The number of amides is 2. The zero-order chi connectivity index (χ0) is 19.5. The minimum Gasteiger partial charge on any atom is -0.484 e. The zero-order valence-corrected chi connectivity index (χ0v) is 14.9. The number of carbonyl (C=O) groups excluding carboxylic acids is 3. The maximum absolute atomic E-state index is 11.6. The van der Waals surface area contributed by atoms with Crippen LogP contribution in [0.3, 0.4) is 0 Å². The Morgan fingerprint density at radius 3 is 2.19 bits per heavy atom. The molecule has 2 rings (SSSR count). The van der Waals surface area contributed by atoms with E-state index in [2.05, 4.69) is 10.9 Å². The van der Waals surface area contributed by atoms with E-state index in [-0.39, 0.29) is 6.61 Å². The Labute approximate surface area is 160 Å². The van der Waals surface area contributed by atoms with Gasteiger partial charge in [-0.05, 0) is 35.9 Å². The van der Waals surface area contributed by atoms with Crippen molar-refractivity contribution in [3.05, 3.63) is 71.3 Å². The molecule has 0 atom stereocenters. The smallest absolute Gasteiger partial charge is 0.331 e. The van der Waals surface area contributed by atoms with Gasteiger partial charge in [-0.1, -0.05) is 41.9 Å². The van der Waals surface area contributed by atoms with E-state index in [4.69, 9.17) is 21.1 Å². The number of ether oxygens (including phenoxy) is 2. The molecule has 2 aromatic carbocycles. The lowest BCUT2D eigenvalue weighted by atomic mass is 10.2. The summed E-state index contributed by atoms with van der Waals surface area (Å²) < 4.78 is 9.98. The molecule has 2 N–H and O–H groups in total. The summed E-state index contributed by atoms with van der Waals surface area (Å²) in [6, 6.07) is 15.6. The molecule has 140 valence electrons. The van der Waals surface area contributed by atoms with Gasteiger partial charge in [0.05, 0.1) is 0 Å². The van der Waals surface area contributed by atoms with Crippen molar-refractivity contribution in [1.29, 1.82) is 0 Å². The first-order valence-corrected chi connectivity index (χ1v) is 8.26. The van der Waals surface area contributed by atoms with Gasteiger partial charge in [-0.3, -0.25) is 20.4 Å². The lowest BCUT2D eigenvalue weighted by molar-refractivity contribution is -0.144. The van der Waals surface area contributed by atoms with Gasteiger partial charge in [0, 0.05) is 11.1 Å². The summed E-state index contributed by atoms with van der Waals surface area (Å²) in [6.07, 6.45) is 2.78. The number of esters is 1. The van der Waals surface area contributed by atoms with Crippen LogP contribution in [-0.4, -0.2) is 31.0 Å². The molecule has 0 aromatic heterocycles. The van der Waals surface area contributed by atoms with Crippen LogP contribution in [0.1, 0.15) is 5.56 Å². The van der Waals surface area contributed by atoms with Crippen LogP contribution in [0.25, 0.3) is 6.08 Å². The highest BCUT2D eigenvalue weighted by Crippen LogP contribution is 2.15. The quantitative estimate of drug-likeness (QED) is 0.430. The fourth-order valence-electron chi connectivity index (χ4n) is 1.80. The molecular formula is C19H17ClN2O5. The third-order valence-corrected chi connectivity index (χ3v) is 3.33. The second-order valence-electron chi connectivity index (χ2n) is 5.19. The van der Waals surface area contributed by atoms with Crippen LogP contribution in [-0.2, 0) is 19.1 Å². The normalized spacial score (nSPS) is 10.3. The highest BCUT2D eigenvalue weighted by Gasteiger charge is 2.07. The average Bonchev–Trinajstić information content (AvgIpc) is 2.69. The standard InChI is InChI=1S/C19H17ClN2O5/c20-15-7-9-16(10-8-15)26-12-17(23)21-22-18(24)13-27-19(25)11-6-14-4-2-1-3-5-14/h1-11H,12-13H2,(H,21,23)(H,22,24)/b11-6+. The zero-order valence-electron chi connectivity index (χ0n) is 14.2. The number of halogens is 1. The summed E-state index contributed by atoms with van der Waals surface area (Å²) in [7, 11) is 0. The molecule has 2 amide bonds. The van der Waals surface area contributed by atoms with E-state index in [0.29, 0.717) is 10.8 Å².